The van der Waals surface area contributed by atoms with Crippen LogP contribution in [0.3, 0.4) is 0 Å². The standard InChI is InChI=1S/C24H25F4NO6S/c1-14(24(26,27)28)34-21-4-3-18(36(2,31)32)11-19(21)23(30)29-12-15-9-20(25)22(10-16(15)13-29)35-17-5-7-33-8-6-17/h3-4,9-11,14,17H,5-8,12-13H2,1-2H3. The summed E-state index contributed by atoms with van der Waals surface area (Å²) in [6, 6.07) is 5.91. The predicted molar refractivity (Wildman–Crippen MR) is 120 cm³/mol. The van der Waals surface area contributed by atoms with Crippen molar-refractivity contribution >= 4 is 15.7 Å². The van der Waals surface area contributed by atoms with Gasteiger partial charge in [-0.1, -0.05) is 0 Å². The van der Waals surface area contributed by atoms with Gasteiger partial charge < -0.3 is 19.1 Å². The van der Waals surface area contributed by atoms with Crippen LogP contribution in [0.1, 0.15) is 41.3 Å². The number of sulfone groups is 1. The molecule has 1 atom stereocenters. The minimum atomic E-state index is -4.70. The molecular weight excluding hydrogens is 506 g/mol. The molecule has 0 aromatic heterocycles. The van der Waals surface area contributed by atoms with Crippen molar-refractivity contribution in [1.82, 2.24) is 4.90 Å². The lowest BCUT2D eigenvalue weighted by Gasteiger charge is -2.23. The minimum Gasteiger partial charge on any atom is -0.487 e. The summed E-state index contributed by atoms with van der Waals surface area (Å²) in [4.78, 5) is 14.4. The summed E-state index contributed by atoms with van der Waals surface area (Å²) in [5.74, 6) is -1.68. The molecule has 2 heterocycles. The number of amides is 1. The smallest absolute Gasteiger partial charge is 0.425 e. The van der Waals surface area contributed by atoms with E-state index in [-0.39, 0.29) is 35.4 Å². The van der Waals surface area contributed by atoms with Crippen molar-refractivity contribution in [3.63, 3.8) is 0 Å². The van der Waals surface area contributed by atoms with Crippen LogP contribution in [-0.4, -0.2) is 57.1 Å². The van der Waals surface area contributed by atoms with E-state index in [2.05, 4.69) is 0 Å². The Morgan fingerprint density at radius 3 is 2.33 bits per heavy atom. The van der Waals surface area contributed by atoms with Gasteiger partial charge in [-0.15, -0.1) is 0 Å². The van der Waals surface area contributed by atoms with Crippen molar-refractivity contribution in [3.8, 4) is 11.5 Å². The molecule has 2 aliphatic heterocycles. The van der Waals surface area contributed by atoms with Crippen LogP contribution < -0.4 is 9.47 Å². The first-order chi connectivity index (χ1) is 16.8. The van der Waals surface area contributed by atoms with Crippen LogP contribution >= 0.6 is 0 Å². The molecule has 0 aliphatic carbocycles. The Morgan fingerprint density at radius 1 is 1.08 bits per heavy atom. The Kier molecular flexibility index (Phi) is 7.20. The maximum Gasteiger partial charge on any atom is 0.425 e. The lowest BCUT2D eigenvalue weighted by Crippen LogP contribution is -2.32. The zero-order chi connectivity index (χ0) is 26.3. The average Bonchev–Trinajstić information content (AvgIpc) is 3.21. The van der Waals surface area contributed by atoms with Crippen molar-refractivity contribution < 1.29 is 45.0 Å². The third-order valence-corrected chi connectivity index (χ3v) is 7.21. The minimum absolute atomic E-state index is 0.0139. The van der Waals surface area contributed by atoms with E-state index in [1.165, 1.54) is 17.0 Å². The summed E-state index contributed by atoms with van der Waals surface area (Å²) in [5, 5.41) is 0. The van der Waals surface area contributed by atoms with Gasteiger partial charge in [0.15, 0.2) is 27.5 Å². The van der Waals surface area contributed by atoms with E-state index in [9.17, 15) is 30.8 Å². The fraction of sp³-hybridized carbons (Fsp3) is 0.458. The Morgan fingerprint density at radius 2 is 1.72 bits per heavy atom. The second-order valence-corrected chi connectivity index (χ2v) is 10.9. The summed E-state index contributed by atoms with van der Waals surface area (Å²) < 4.78 is 94.1. The number of carbonyl (C=O) groups excluding carboxylic acids is 1. The number of fused-ring (bicyclic) bond motifs is 1. The second-order valence-electron chi connectivity index (χ2n) is 8.87. The first-order valence-electron chi connectivity index (χ1n) is 11.3. The topological polar surface area (TPSA) is 82.1 Å². The van der Waals surface area contributed by atoms with Crippen LogP contribution in [0.4, 0.5) is 17.6 Å². The number of carbonyl (C=O) groups is 1. The lowest BCUT2D eigenvalue weighted by molar-refractivity contribution is -0.189. The molecule has 2 aliphatic rings. The van der Waals surface area contributed by atoms with E-state index in [1.54, 1.807) is 0 Å². The second kappa shape index (κ2) is 9.89. The molecule has 0 N–H and O–H groups in total. The molecule has 0 radical (unpaired) electrons. The van der Waals surface area contributed by atoms with Crippen LogP contribution in [0.15, 0.2) is 35.2 Å². The average molecular weight is 532 g/mol. The normalized spacial score (nSPS) is 17.6. The first-order valence-corrected chi connectivity index (χ1v) is 13.1. The van der Waals surface area contributed by atoms with Gasteiger partial charge in [0.25, 0.3) is 5.91 Å². The molecular formula is C24H25F4NO6S. The summed E-state index contributed by atoms with van der Waals surface area (Å²) in [5.41, 5.74) is 0.809. The predicted octanol–water partition coefficient (Wildman–Crippen LogP) is 4.27. The van der Waals surface area contributed by atoms with Gasteiger partial charge in [-0.25, -0.2) is 12.8 Å². The van der Waals surface area contributed by atoms with Gasteiger partial charge in [0, 0.05) is 32.2 Å². The molecule has 12 heteroatoms. The van der Waals surface area contributed by atoms with Crippen molar-refractivity contribution in [3.05, 3.63) is 52.8 Å². The van der Waals surface area contributed by atoms with Gasteiger partial charge >= 0.3 is 6.18 Å². The summed E-state index contributed by atoms with van der Waals surface area (Å²) in [7, 11) is -3.76. The molecule has 0 saturated carbocycles. The highest BCUT2D eigenvalue weighted by Crippen LogP contribution is 2.34. The van der Waals surface area contributed by atoms with Gasteiger partial charge in [-0.3, -0.25) is 4.79 Å². The van der Waals surface area contributed by atoms with Crippen molar-refractivity contribution in [2.24, 2.45) is 0 Å². The fourth-order valence-corrected chi connectivity index (χ4v) is 4.69. The molecule has 7 nitrogen and oxygen atoms in total. The molecule has 1 amide bonds. The quantitative estimate of drug-likeness (QED) is 0.518. The van der Waals surface area contributed by atoms with Gasteiger partial charge in [0.1, 0.15) is 11.9 Å². The first kappa shape index (κ1) is 26.2. The summed E-state index contributed by atoms with van der Waals surface area (Å²) >= 11 is 0. The number of ether oxygens (including phenoxy) is 3. The molecule has 1 saturated heterocycles. The Balaban J connectivity index is 1.60. The van der Waals surface area contributed by atoms with Crippen molar-refractivity contribution in [2.75, 3.05) is 19.5 Å². The summed E-state index contributed by atoms with van der Waals surface area (Å²) in [6.45, 7) is 1.84. The molecule has 36 heavy (non-hydrogen) atoms. The molecule has 196 valence electrons. The molecule has 2 aromatic rings. The molecule has 1 unspecified atom stereocenters. The van der Waals surface area contributed by atoms with Gasteiger partial charge in [0.05, 0.1) is 23.7 Å². The zero-order valence-electron chi connectivity index (χ0n) is 19.6. The Bertz CT molecular complexity index is 1260. The van der Waals surface area contributed by atoms with Crippen LogP contribution in [0.25, 0.3) is 0 Å². The SMILES string of the molecule is CC(Oc1ccc(S(C)(=O)=O)cc1C(=O)N1Cc2cc(F)c(OC3CCOCC3)cc2C1)C(F)(F)F. The largest absolute Gasteiger partial charge is 0.487 e. The number of hydrogen-bond acceptors (Lipinski definition) is 6. The maximum atomic E-state index is 14.7. The van der Waals surface area contributed by atoms with E-state index >= 15 is 0 Å². The fourth-order valence-electron chi connectivity index (χ4n) is 4.04. The number of nitrogens with zero attached hydrogens (tertiary/aromatic N) is 1. The highest BCUT2D eigenvalue weighted by Gasteiger charge is 2.39. The van der Waals surface area contributed by atoms with Crippen LogP contribution in [0, 0.1) is 5.82 Å². The Hall–Kier alpha value is -2.86. The van der Waals surface area contributed by atoms with Gasteiger partial charge in [-0.2, -0.15) is 13.2 Å². The molecule has 4 rings (SSSR count). The number of benzene rings is 2. The molecule has 1 fully saturated rings. The number of halogens is 4. The molecule has 2 aromatic carbocycles. The van der Waals surface area contributed by atoms with E-state index in [1.807, 2.05) is 0 Å². The molecule has 0 bridgehead atoms. The van der Waals surface area contributed by atoms with E-state index in [0.29, 0.717) is 37.2 Å². The van der Waals surface area contributed by atoms with E-state index in [0.717, 1.165) is 31.4 Å². The van der Waals surface area contributed by atoms with Gasteiger partial charge in [0.2, 0.25) is 0 Å². The Labute approximate surface area is 205 Å². The monoisotopic (exact) mass is 531 g/mol. The maximum absolute atomic E-state index is 14.7. The highest BCUT2D eigenvalue weighted by molar-refractivity contribution is 7.90. The number of rotatable bonds is 6. The van der Waals surface area contributed by atoms with Crippen LogP contribution in [0.2, 0.25) is 0 Å². The van der Waals surface area contributed by atoms with E-state index in [4.69, 9.17) is 14.2 Å². The highest BCUT2D eigenvalue weighted by atomic mass is 32.2. The van der Waals surface area contributed by atoms with Crippen molar-refractivity contribution in [1.29, 1.82) is 0 Å². The third kappa shape index (κ3) is 5.75. The van der Waals surface area contributed by atoms with Gasteiger partial charge in [-0.05, 0) is 48.4 Å². The lowest BCUT2D eigenvalue weighted by atomic mass is 10.1. The third-order valence-electron chi connectivity index (χ3n) is 6.10. The summed E-state index contributed by atoms with van der Waals surface area (Å²) in [6.07, 6.45) is -4.96. The van der Waals surface area contributed by atoms with Crippen LogP contribution in [0.5, 0.6) is 11.5 Å². The zero-order valence-corrected chi connectivity index (χ0v) is 20.4. The van der Waals surface area contributed by atoms with E-state index < -0.39 is 39.6 Å². The van der Waals surface area contributed by atoms with Crippen molar-refractivity contribution in [2.45, 2.75) is 56.1 Å². The number of alkyl halides is 3. The van der Waals surface area contributed by atoms with Crippen LogP contribution in [-0.2, 0) is 27.7 Å². The number of hydrogen-bond donors (Lipinski definition) is 0. The molecule has 0 spiro atoms.